The number of hydrogen-bond donors (Lipinski definition) is 2. The van der Waals surface area contributed by atoms with Gasteiger partial charge in [0.1, 0.15) is 17.8 Å². The fraction of sp³-hybridized carbons (Fsp3) is 0.207. The van der Waals surface area contributed by atoms with E-state index in [0.29, 0.717) is 23.0 Å². The number of ether oxygens (including phenoxy) is 2. The number of carbonyl (C=O) groups is 1. The third-order valence-electron chi connectivity index (χ3n) is 6.48. The molecule has 0 radical (unpaired) electrons. The van der Waals surface area contributed by atoms with Crippen LogP contribution in [-0.4, -0.2) is 49.0 Å². The number of nitrogens with one attached hydrogen (secondary N) is 1. The van der Waals surface area contributed by atoms with Crippen LogP contribution in [0.2, 0.25) is 0 Å². The molecule has 1 saturated heterocycles. The maximum Gasteiger partial charge on any atom is 0.341 e. The van der Waals surface area contributed by atoms with Crippen LogP contribution in [0.5, 0.6) is 5.75 Å². The van der Waals surface area contributed by atoms with Gasteiger partial charge in [0.2, 0.25) is 0 Å². The van der Waals surface area contributed by atoms with Gasteiger partial charge < -0.3 is 19.9 Å². The van der Waals surface area contributed by atoms with Crippen LogP contribution in [0, 0.1) is 0 Å². The predicted octanol–water partition coefficient (Wildman–Crippen LogP) is 5.46. The number of benzene rings is 2. The lowest BCUT2D eigenvalue weighted by Crippen LogP contribution is -2.18. The van der Waals surface area contributed by atoms with E-state index in [9.17, 15) is 4.79 Å². The van der Waals surface area contributed by atoms with Crippen molar-refractivity contribution in [2.45, 2.75) is 25.5 Å². The van der Waals surface area contributed by atoms with Gasteiger partial charge in [-0.05, 0) is 55.2 Å². The molecule has 1 fully saturated rings. The molecule has 1 atom stereocenters. The topological polar surface area (TPSA) is 124 Å². The van der Waals surface area contributed by atoms with Crippen molar-refractivity contribution < 1.29 is 19.4 Å². The van der Waals surface area contributed by atoms with Crippen LogP contribution in [0.3, 0.4) is 0 Å². The highest BCUT2D eigenvalue weighted by molar-refractivity contribution is 5.91. The van der Waals surface area contributed by atoms with Crippen molar-refractivity contribution >= 4 is 28.4 Å². The maximum atomic E-state index is 10.9. The Hall–Kier alpha value is -4.83. The first kappa shape index (κ1) is 24.5. The van der Waals surface area contributed by atoms with Crippen LogP contribution in [-0.2, 0) is 9.53 Å². The SMILES string of the molecule is O=C(O)COc1cccc(-c2nc(Nc3ccc(-c4cnn(C5CCCCO5)c4)cc3)c3cnccc3n2)c1. The summed E-state index contributed by atoms with van der Waals surface area (Å²) in [6.07, 6.45) is 10.5. The molecule has 1 aliphatic heterocycles. The predicted molar refractivity (Wildman–Crippen MR) is 146 cm³/mol. The molecule has 1 aliphatic rings. The van der Waals surface area contributed by atoms with Crippen molar-refractivity contribution in [1.29, 1.82) is 0 Å². The fourth-order valence-corrected chi connectivity index (χ4v) is 4.53. The van der Waals surface area contributed by atoms with E-state index in [2.05, 4.69) is 15.4 Å². The maximum absolute atomic E-state index is 10.9. The summed E-state index contributed by atoms with van der Waals surface area (Å²) in [5, 5.41) is 17.6. The number of pyridine rings is 1. The zero-order valence-corrected chi connectivity index (χ0v) is 21.0. The van der Waals surface area contributed by atoms with E-state index in [1.54, 1.807) is 30.6 Å². The number of anilines is 2. The molecule has 4 heterocycles. The number of fused-ring (bicyclic) bond motifs is 1. The first-order valence-electron chi connectivity index (χ1n) is 12.7. The minimum atomic E-state index is -1.04. The largest absolute Gasteiger partial charge is 0.482 e. The lowest BCUT2D eigenvalue weighted by Gasteiger charge is -2.22. The molecule has 6 rings (SSSR count). The van der Waals surface area contributed by atoms with Gasteiger partial charge in [-0.2, -0.15) is 5.10 Å². The average Bonchev–Trinajstić information content (AvgIpc) is 3.48. The molecule has 0 aliphatic carbocycles. The Balaban J connectivity index is 1.26. The second-order valence-corrected chi connectivity index (χ2v) is 9.23. The summed E-state index contributed by atoms with van der Waals surface area (Å²) < 4.78 is 13.1. The molecular weight excluding hydrogens is 496 g/mol. The van der Waals surface area contributed by atoms with Crippen LogP contribution < -0.4 is 10.1 Å². The van der Waals surface area contributed by atoms with E-state index >= 15 is 0 Å². The lowest BCUT2D eigenvalue weighted by molar-refractivity contribution is -0.139. The summed E-state index contributed by atoms with van der Waals surface area (Å²) in [4.78, 5) is 24.6. The molecule has 10 heteroatoms. The Bertz CT molecular complexity index is 1610. The van der Waals surface area contributed by atoms with E-state index in [4.69, 9.17) is 24.5 Å². The molecule has 5 aromatic rings. The van der Waals surface area contributed by atoms with Crippen molar-refractivity contribution in [3.63, 3.8) is 0 Å². The highest BCUT2D eigenvalue weighted by Crippen LogP contribution is 2.30. The van der Waals surface area contributed by atoms with E-state index in [1.165, 1.54) is 0 Å². The smallest absolute Gasteiger partial charge is 0.341 e. The third kappa shape index (κ3) is 5.55. The third-order valence-corrected chi connectivity index (χ3v) is 6.48. The zero-order chi connectivity index (χ0) is 26.6. The summed E-state index contributed by atoms with van der Waals surface area (Å²) in [5.41, 5.74) is 4.36. The summed E-state index contributed by atoms with van der Waals surface area (Å²) in [6, 6.07) is 16.9. The van der Waals surface area contributed by atoms with Crippen LogP contribution in [0.15, 0.2) is 79.4 Å². The molecule has 39 heavy (non-hydrogen) atoms. The quantitative estimate of drug-likeness (QED) is 0.273. The van der Waals surface area contributed by atoms with Crippen molar-refractivity contribution in [3.8, 4) is 28.3 Å². The summed E-state index contributed by atoms with van der Waals surface area (Å²) in [7, 11) is 0. The molecule has 1 unspecified atom stereocenters. The number of carboxylic acids is 1. The number of aliphatic carboxylic acids is 1. The summed E-state index contributed by atoms with van der Waals surface area (Å²) in [5.74, 6) is 0.470. The van der Waals surface area contributed by atoms with Gasteiger partial charge in [0.25, 0.3) is 0 Å². The van der Waals surface area contributed by atoms with Crippen LogP contribution in [0.4, 0.5) is 11.5 Å². The molecule has 0 saturated carbocycles. The molecule has 3 aromatic heterocycles. The molecular formula is C29H26N6O4. The van der Waals surface area contributed by atoms with E-state index < -0.39 is 12.6 Å². The zero-order valence-electron chi connectivity index (χ0n) is 21.0. The average molecular weight is 523 g/mol. The van der Waals surface area contributed by atoms with Gasteiger partial charge >= 0.3 is 5.97 Å². The van der Waals surface area contributed by atoms with Crippen LogP contribution >= 0.6 is 0 Å². The van der Waals surface area contributed by atoms with Crippen molar-refractivity contribution in [2.24, 2.45) is 0 Å². The van der Waals surface area contributed by atoms with Crippen molar-refractivity contribution in [1.82, 2.24) is 24.7 Å². The minimum Gasteiger partial charge on any atom is -0.482 e. The van der Waals surface area contributed by atoms with Gasteiger partial charge in [-0.1, -0.05) is 24.3 Å². The Morgan fingerprint density at radius 1 is 1.05 bits per heavy atom. The summed E-state index contributed by atoms with van der Waals surface area (Å²) >= 11 is 0. The molecule has 196 valence electrons. The molecule has 0 spiro atoms. The van der Waals surface area contributed by atoms with Gasteiger partial charge in [-0.3, -0.25) is 4.98 Å². The second-order valence-electron chi connectivity index (χ2n) is 9.23. The summed E-state index contributed by atoms with van der Waals surface area (Å²) in [6.45, 7) is 0.352. The highest BCUT2D eigenvalue weighted by atomic mass is 16.5. The number of hydrogen-bond acceptors (Lipinski definition) is 8. The monoisotopic (exact) mass is 522 g/mol. The normalized spacial score (nSPS) is 15.2. The van der Waals surface area contributed by atoms with Gasteiger partial charge in [0.05, 0.1) is 17.1 Å². The highest BCUT2D eigenvalue weighted by Gasteiger charge is 2.17. The molecule has 10 nitrogen and oxygen atoms in total. The fourth-order valence-electron chi connectivity index (χ4n) is 4.53. The number of nitrogens with zero attached hydrogens (tertiary/aromatic N) is 5. The van der Waals surface area contributed by atoms with E-state index in [-0.39, 0.29) is 6.23 Å². The van der Waals surface area contributed by atoms with Crippen molar-refractivity contribution in [2.75, 3.05) is 18.5 Å². The number of aromatic nitrogens is 5. The van der Waals surface area contributed by atoms with Crippen LogP contribution in [0.1, 0.15) is 25.5 Å². The van der Waals surface area contributed by atoms with Crippen LogP contribution in [0.25, 0.3) is 33.4 Å². The second kappa shape index (κ2) is 10.9. The first-order chi connectivity index (χ1) is 19.1. The number of rotatable bonds is 8. The first-order valence-corrected chi connectivity index (χ1v) is 12.7. The van der Waals surface area contributed by atoms with Gasteiger partial charge in [-0.15, -0.1) is 0 Å². The molecule has 2 N–H and O–H groups in total. The standard InChI is InChI=1S/C29H26N6O4/c36-27(37)18-39-23-5-3-4-20(14-23)28-33-25-11-12-30-16-24(25)29(34-28)32-22-9-7-19(8-10-22)21-15-31-35(17-21)26-6-1-2-13-38-26/h3-5,7-12,14-17,26H,1-2,6,13,18H2,(H,36,37)(H,32,33,34). The van der Waals surface area contributed by atoms with Gasteiger partial charge in [0, 0.05) is 42.0 Å². The van der Waals surface area contributed by atoms with E-state index in [0.717, 1.165) is 53.6 Å². The lowest BCUT2D eigenvalue weighted by atomic mass is 10.1. The molecule has 0 amide bonds. The Morgan fingerprint density at radius 2 is 1.95 bits per heavy atom. The number of carboxylic acid groups (broad SMARTS) is 1. The Kier molecular flexibility index (Phi) is 6.84. The minimum absolute atomic E-state index is 0.00622. The Morgan fingerprint density at radius 3 is 2.77 bits per heavy atom. The Labute approximate surface area is 224 Å². The molecule has 2 aromatic carbocycles. The van der Waals surface area contributed by atoms with Gasteiger partial charge in [0.15, 0.2) is 12.4 Å². The van der Waals surface area contributed by atoms with Crippen molar-refractivity contribution in [3.05, 3.63) is 79.4 Å². The van der Waals surface area contributed by atoms with Gasteiger partial charge in [-0.25, -0.2) is 19.4 Å². The molecule has 0 bridgehead atoms. The van der Waals surface area contributed by atoms with E-state index in [1.807, 2.05) is 53.5 Å².